The van der Waals surface area contributed by atoms with Crippen molar-refractivity contribution >= 4 is 23.1 Å². The number of anilines is 1. The van der Waals surface area contributed by atoms with Gasteiger partial charge < -0.3 is 14.5 Å². The van der Waals surface area contributed by atoms with E-state index in [-0.39, 0.29) is 18.2 Å². The van der Waals surface area contributed by atoms with Gasteiger partial charge in [-0.05, 0) is 40.0 Å². The smallest absolute Gasteiger partial charge is 0.257 e. The van der Waals surface area contributed by atoms with E-state index in [0.717, 1.165) is 72.0 Å². The Morgan fingerprint density at radius 3 is 2.03 bits per heavy atom. The molecule has 1 aliphatic carbocycles. The normalized spacial score (nSPS) is 17.6. The molecule has 2 amide bonds. The fraction of sp³-hybridized carbons (Fsp3) is 0.267. The predicted molar refractivity (Wildman–Crippen MR) is 140 cm³/mol. The molecule has 2 aliphatic heterocycles. The number of carbonyl (C=O) groups excluding carboxylic acids is 2. The zero-order valence-corrected chi connectivity index (χ0v) is 20.5. The molecule has 1 N–H and O–H groups in total. The van der Waals surface area contributed by atoms with Crippen molar-refractivity contribution in [1.29, 1.82) is 0 Å². The van der Waals surface area contributed by atoms with E-state index in [1.54, 1.807) is 7.11 Å². The van der Waals surface area contributed by atoms with Crippen LogP contribution in [0.3, 0.4) is 0 Å². The van der Waals surface area contributed by atoms with E-state index in [1.165, 1.54) is 9.80 Å². The van der Waals surface area contributed by atoms with Gasteiger partial charge in [0.1, 0.15) is 5.75 Å². The molecule has 182 valence electrons. The summed E-state index contributed by atoms with van der Waals surface area (Å²) < 4.78 is 5.53. The first-order valence-electron chi connectivity index (χ1n) is 12.6. The Morgan fingerprint density at radius 1 is 0.806 bits per heavy atom. The molecule has 0 radical (unpaired) electrons. The van der Waals surface area contributed by atoms with Crippen LogP contribution in [-0.4, -0.2) is 63.1 Å². The molecule has 3 aromatic rings. The third-order valence-corrected chi connectivity index (χ3v) is 7.70. The van der Waals surface area contributed by atoms with Gasteiger partial charge in [-0.2, -0.15) is 0 Å². The van der Waals surface area contributed by atoms with Crippen molar-refractivity contribution in [2.75, 3.05) is 51.3 Å². The molecule has 2 fully saturated rings. The van der Waals surface area contributed by atoms with Gasteiger partial charge in [-0.3, -0.25) is 14.5 Å². The lowest BCUT2D eigenvalue weighted by Crippen LogP contribution is -3.15. The van der Waals surface area contributed by atoms with E-state index < -0.39 is 0 Å². The number of benzene rings is 3. The second kappa shape index (κ2) is 9.28. The number of nitrogens with zero attached hydrogens (tertiary/aromatic N) is 2. The number of hydrogen-bond donors (Lipinski definition) is 1. The van der Waals surface area contributed by atoms with Crippen LogP contribution in [0, 0.1) is 0 Å². The highest BCUT2D eigenvalue weighted by molar-refractivity contribution is 6.21. The van der Waals surface area contributed by atoms with Gasteiger partial charge in [-0.1, -0.05) is 60.7 Å². The molecule has 3 aliphatic rings. The Balaban J connectivity index is 1.16. The van der Waals surface area contributed by atoms with Gasteiger partial charge in [-0.15, -0.1) is 0 Å². The second-order valence-electron chi connectivity index (χ2n) is 9.63. The number of carbonyl (C=O) groups is 2. The molecular formula is C30H30N3O3+. The minimum atomic E-state index is -0.131. The number of para-hydroxylation sites is 2. The zero-order valence-electron chi connectivity index (χ0n) is 20.5. The van der Waals surface area contributed by atoms with Crippen LogP contribution in [0.2, 0.25) is 0 Å². The van der Waals surface area contributed by atoms with Crippen molar-refractivity contribution in [1.82, 2.24) is 4.90 Å². The van der Waals surface area contributed by atoms with Crippen LogP contribution < -0.4 is 14.5 Å². The Hall–Kier alpha value is -3.90. The van der Waals surface area contributed by atoms with Gasteiger partial charge in [0.25, 0.3) is 5.91 Å². The summed E-state index contributed by atoms with van der Waals surface area (Å²) in [6.45, 7) is 4.99. The number of piperazine rings is 1. The largest absolute Gasteiger partial charge is 0.495 e. The van der Waals surface area contributed by atoms with Gasteiger partial charge in [-0.25, -0.2) is 0 Å². The summed E-state index contributed by atoms with van der Waals surface area (Å²) in [4.78, 5) is 31.8. The Kier molecular flexibility index (Phi) is 5.82. The zero-order chi connectivity index (χ0) is 24.6. The molecule has 0 aromatic heterocycles. The van der Waals surface area contributed by atoms with Crippen molar-refractivity contribution in [2.24, 2.45) is 0 Å². The fourth-order valence-electron chi connectivity index (χ4n) is 5.84. The molecule has 0 saturated carbocycles. The Morgan fingerprint density at radius 2 is 1.39 bits per heavy atom. The maximum absolute atomic E-state index is 13.5. The number of ether oxygens (including phenoxy) is 1. The van der Waals surface area contributed by atoms with Crippen molar-refractivity contribution < 1.29 is 19.2 Å². The Bertz CT molecular complexity index is 1320. The molecule has 2 saturated heterocycles. The molecule has 6 nitrogen and oxygen atoms in total. The number of likely N-dealkylation sites (tertiary alicyclic amines) is 1. The highest BCUT2D eigenvalue weighted by atomic mass is 16.5. The van der Waals surface area contributed by atoms with E-state index >= 15 is 0 Å². The average molecular weight is 481 g/mol. The van der Waals surface area contributed by atoms with Crippen LogP contribution in [-0.2, 0) is 9.59 Å². The van der Waals surface area contributed by atoms with Crippen LogP contribution >= 0.6 is 0 Å². The molecule has 0 unspecified atom stereocenters. The second-order valence-corrected chi connectivity index (χ2v) is 9.63. The van der Waals surface area contributed by atoms with Gasteiger partial charge in [0.05, 0.1) is 58.5 Å². The first kappa shape index (κ1) is 22.6. The van der Waals surface area contributed by atoms with Crippen molar-refractivity contribution in [2.45, 2.75) is 6.42 Å². The number of fused-ring (bicyclic) bond motifs is 3. The maximum Gasteiger partial charge on any atom is 0.257 e. The molecule has 6 rings (SSSR count). The van der Waals surface area contributed by atoms with E-state index in [9.17, 15) is 9.59 Å². The number of imide groups is 1. The van der Waals surface area contributed by atoms with Crippen molar-refractivity contribution in [3.8, 4) is 16.9 Å². The monoisotopic (exact) mass is 480 g/mol. The minimum Gasteiger partial charge on any atom is -0.495 e. The molecule has 36 heavy (non-hydrogen) atoms. The molecule has 3 aromatic carbocycles. The minimum absolute atomic E-state index is 0.0866. The van der Waals surface area contributed by atoms with E-state index in [0.29, 0.717) is 12.1 Å². The van der Waals surface area contributed by atoms with E-state index in [4.69, 9.17) is 4.74 Å². The lowest BCUT2D eigenvalue weighted by Gasteiger charge is -2.34. The van der Waals surface area contributed by atoms with Crippen LogP contribution in [0.5, 0.6) is 5.75 Å². The van der Waals surface area contributed by atoms with Crippen LogP contribution in [0.15, 0.2) is 78.4 Å². The standard InChI is InChI=1S/C30H29N3O3/c1-36-27-13-7-6-12-26(27)32-17-14-31(15-18-32)16-19-33-28(34)20-25(30(33)35)29-23-10-4-2-8-21(23)22-9-3-5-11-24(22)29/h2-13H,14-20H2,1H3/p+1. The lowest BCUT2D eigenvalue weighted by atomic mass is 9.97. The van der Waals surface area contributed by atoms with Gasteiger partial charge in [0, 0.05) is 5.57 Å². The van der Waals surface area contributed by atoms with Crippen LogP contribution in [0.4, 0.5) is 5.69 Å². The van der Waals surface area contributed by atoms with E-state index in [2.05, 4.69) is 35.2 Å². The third kappa shape index (κ3) is 3.78. The number of methoxy groups -OCH3 is 1. The molecule has 2 heterocycles. The summed E-state index contributed by atoms with van der Waals surface area (Å²) in [6.07, 6.45) is 0.174. The number of quaternary nitrogens is 1. The first-order valence-corrected chi connectivity index (χ1v) is 12.6. The van der Waals surface area contributed by atoms with Crippen LogP contribution in [0.25, 0.3) is 16.7 Å². The molecule has 0 spiro atoms. The van der Waals surface area contributed by atoms with E-state index in [1.807, 2.05) is 42.5 Å². The number of rotatable bonds is 5. The Labute approximate surface area is 211 Å². The number of hydrogen-bond acceptors (Lipinski definition) is 4. The fourth-order valence-corrected chi connectivity index (χ4v) is 5.84. The molecular weight excluding hydrogens is 450 g/mol. The third-order valence-electron chi connectivity index (χ3n) is 7.70. The highest BCUT2D eigenvalue weighted by Crippen LogP contribution is 2.47. The summed E-state index contributed by atoms with van der Waals surface area (Å²) in [5.41, 5.74) is 7.05. The summed E-state index contributed by atoms with van der Waals surface area (Å²) in [7, 11) is 1.71. The number of nitrogens with one attached hydrogen (secondary N) is 1. The lowest BCUT2D eigenvalue weighted by molar-refractivity contribution is -0.899. The van der Waals surface area contributed by atoms with Gasteiger partial charge in [0.2, 0.25) is 5.91 Å². The van der Waals surface area contributed by atoms with Crippen LogP contribution in [0.1, 0.15) is 17.5 Å². The SMILES string of the molecule is COc1ccccc1N1CC[NH+](CCN2C(=O)CC(=C3c4ccccc4-c4ccccc43)C2=O)CC1. The van der Waals surface area contributed by atoms with Gasteiger partial charge >= 0.3 is 0 Å². The van der Waals surface area contributed by atoms with Crippen molar-refractivity contribution in [3.63, 3.8) is 0 Å². The summed E-state index contributed by atoms with van der Waals surface area (Å²) in [6, 6.07) is 24.5. The summed E-state index contributed by atoms with van der Waals surface area (Å²) in [5, 5.41) is 0. The quantitative estimate of drug-likeness (QED) is 0.353. The average Bonchev–Trinajstić information content (AvgIpc) is 3.40. The first-order chi connectivity index (χ1) is 17.7. The molecule has 0 atom stereocenters. The maximum atomic E-state index is 13.5. The molecule has 6 heteroatoms. The summed E-state index contributed by atoms with van der Waals surface area (Å²) >= 11 is 0. The topological polar surface area (TPSA) is 54.3 Å². The predicted octanol–water partition coefficient (Wildman–Crippen LogP) is 2.64. The van der Waals surface area contributed by atoms with Crippen molar-refractivity contribution in [3.05, 3.63) is 89.5 Å². The highest BCUT2D eigenvalue weighted by Gasteiger charge is 2.39. The summed E-state index contributed by atoms with van der Waals surface area (Å²) in [5.74, 6) is 0.676. The van der Waals surface area contributed by atoms with Gasteiger partial charge in [0.15, 0.2) is 0 Å². The number of amides is 2. The molecule has 0 bridgehead atoms.